The van der Waals surface area contributed by atoms with Crippen molar-refractivity contribution in [1.29, 1.82) is 0 Å². The molecule has 0 fully saturated rings. The molecule has 140 valence electrons. The molecule has 0 unspecified atom stereocenters. The van der Waals surface area contributed by atoms with Crippen LogP contribution < -0.4 is 5.32 Å². The lowest BCUT2D eigenvalue weighted by atomic mass is 10.1. The molecule has 0 aromatic heterocycles. The first-order valence-corrected chi connectivity index (χ1v) is 9.44. The summed E-state index contributed by atoms with van der Waals surface area (Å²) in [4.78, 5) is 12.0. The quantitative estimate of drug-likeness (QED) is 0.795. The van der Waals surface area contributed by atoms with E-state index in [1.807, 2.05) is 0 Å². The Morgan fingerprint density at radius 2 is 1.65 bits per heavy atom. The van der Waals surface area contributed by atoms with E-state index in [0.717, 1.165) is 22.7 Å². The molecule has 0 saturated carbocycles. The SMILES string of the molecule is CS(=O)(=O)N(CCc1ccc(F)cc1)CC(=O)Nc1ccc(F)cc1F. The minimum absolute atomic E-state index is 0.0101. The normalized spacial score (nSPS) is 11.6. The van der Waals surface area contributed by atoms with E-state index in [-0.39, 0.29) is 18.7 Å². The summed E-state index contributed by atoms with van der Waals surface area (Å²) in [6.45, 7) is -0.541. The van der Waals surface area contributed by atoms with E-state index in [2.05, 4.69) is 5.32 Å². The van der Waals surface area contributed by atoms with Crippen molar-refractivity contribution < 1.29 is 26.4 Å². The highest BCUT2D eigenvalue weighted by molar-refractivity contribution is 7.88. The van der Waals surface area contributed by atoms with Gasteiger partial charge in [-0.3, -0.25) is 4.79 Å². The fraction of sp³-hybridized carbons (Fsp3) is 0.235. The first kappa shape index (κ1) is 19.9. The molecule has 26 heavy (non-hydrogen) atoms. The highest BCUT2D eigenvalue weighted by Gasteiger charge is 2.20. The second kappa shape index (κ2) is 8.33. The Hall–Kier alpha value is -2.39. The van der Waals surface area contributed by atoms with Crippen molar-refractivity contribution in [2.24, 2.45) is 0 Å². The van der Waals surface area contributed by atoms with E-state index in [1.165, 1.54) is 24.3 Å². The van der Waals surface area contributed by atoms with E-state index in [1.54, 1.807) is 0 Å². The number of sulfonamides is 1. The van der Waals surface area contributed by atoms with E-state index in [4.69, 9.17) is 0 Å². The zero-order chi connectivity index (χ0) is 19.3. The summed E-state index contributed by atoms with van der Waals surface area (Å²) in [6, 6.07) is 8.17. The third-order valence-electron chi connectivity index (χ3n) is 3.56. The Morgan fingerprint density at radius 1 is 1.04 bits per heavy atom. The first-order valence-electron chi connectivity index (χ1n) is 7.59. The van der Waals surface area contributed by atoms with Gasteiger partial charge in [-0.2, -0.15) is 4.31 Å². The zero-order valence-electron chi connectivity index (χ0n) is 13.9. The van der Waals surface area contributed by atoms with Gasteiger partial charge in [0.15, 0.2) is 0 Å². The molecule has 0 heterocycles. The minimum Gasteiger partial charge on any atom is -0.322 e. The van der Waals surface area contributed by atoms with Gasteiger partial charge >= 0.3 is 0 Å². The summed E-state index contributed by atoms with van der Waals surface area (Å²) in [7, 11) is -3.70. The Kier molecular flexibility index (Phi) is 6.38. The van der Waals surface area contributed by atoms with Gasteiger partial charge in [0.25, 0.3) is 0 Å². The molecule has 0 spiro atoms. The maximum absolute atomic E-state index is 13.6. The van der Waals surface area contributed by atoms with Crippen molar-refractivity contribution in [2.45, 2.75) is 6.42 Å². The average molecular weight is 386 g/mol. The van der Waals surface area contributed by atoms with Crippen molar-refractivity contribution in [1.82, 2.24) is 4.31 Å². The lowest BCUT2D eigenvalue weighted by Crippen LogP contribution is -2.38. The molecule has 0 aliphatic rings. The molecule has 2 aromatic carbocycles. The van der Waals surface area contributed by atoms with Crippen molar-refractivity contribution in [3.05, 3.63) is 65.5 Å². The number of anilines is 1. The van der Waals surface area contributed by atoms with Crippen LogP contribution in [0, 0.1) is 17.5 Å². The van der Waals surface area contributed by atoms with Crippen LogP contribution in [0.5, 0.6) is 0 Å². The molecule has 1 N–H and O–H groups in total. The predicted octanol–water partition coefficient (Wildman–Crippen LogP) is 2.55. The standard InChI is InChI=1S/C17H17F3N2O3S/c1-26(24,25)22(9-8-12-2-4-13(18)5-3-12)11-17(23)21-16-7-6-14(19)10-15(16)20/h2-7,10H,8-9,11H2,1H3,(H,21,23). The lowest BCUT2D eigenvalue weighted by molar-refractivity contribution is -0.116. The molecule has 0 aliphatic heterocycles. The van der Waals surface area contributed by atoms with Crippen LogP contribution in [0.3, 0.4) is 0 Å². The van der Waals surface area contributed by atoms with Crippen LogP contribution in [-0.4, -0.2) is 38.0 Å². The average Bonchev–Trinajstić information content (AvgIpc) is 2.54. The van der Waals surface area contributed by atoms with Crippen LogP contribution in [-0.2, 0) is 21.2 Å². The van der Waals surface area contributed by atoms with Crippen molar-refractivity contribution in [3.63, 3.8) is 0 Å². The zero-order valence-corrected chi connectivity index (χ0v) is 14.7. The van der Waals surface area contributed by atoms with Crippen molar-refractivity contribution in [3.8, 4) is 0 Å². The topological polar surface area (TPSA) is 66.5 Å². The van der Waals surface area contributed by atoms with Crippen LogP contribution in [0.25, 0.3) is 0 Å². The predicted molar refractivity (Wildman–Crippen MR) is 91.5 cm³/mol. The van der Waals surface area contributed by atoms with E-state index in [0.29, 0.717) is 11.6 Å². The summed E-state index contributed by atoms with van der Waals surface area (Å²) in [6.07, 6.45) is 1.22. The molecule has 5 nitrogen and oxygen atoms in total. The van der Waals surface area contributed by atoms with Crippen LogP contribution in [0.1, 0.15) is 5.56 Å². The number of amides is 1. The highest BCUT2D eigenvalue weighted by atomic mass is 32.2. The molecule has 1 amide bonds. The first-order chi connectivity index (χ1) is 12.1. The number of benzene rings is 2. The molecule has 9 heteroatoms. The van der Waals surface area contributed by atoms with Crippen LogP contribution in [0.2, 0.25) is 0 Å². The van der Waals surface area contributed by atoms with Gasteiger partial charge < -0.3 is 5.32 Å². The molecule has 2 aromatic rings. The van der Waals surface area contributed by atoms with E-state index in [9.17, 15) is 26.4 Å². The van der Waals surface area contributed by atoms with E-state index >= 15 is 0 Å². The number of halogens is 3. The van der Waals surface area contributed by atoms with Crippen molar-refractivity contribution in [2.75, 3.05) is 24.7 Å². The molecular formula is C17H17F3N2O3S. The van der Waals surface area contributed by atoms with Gasteiger partial charge in [-0.15, -0.1) is 0 Å². The lowest BCUT2D eigenvalue weighted by Gasteiger charge is -2.19. The summed E-state index contributed by atoms with van der Waals surface area (Å²) < 4.78 is 64.0. The van der Waals surface area contributed by atoms with Crippen LogP contribution >= 0.6 is 0 Å². The van der Waals surface area contributed by atoms with Crippen LogP contribution in [0.15, 0.2) is 42.5 Å². The molecule has 0 radical (unpaired) electrons. The van der Waals surface area contributed by atoms with E-state index < -0.39 is 39.9 Å². The molecule has 0 saturated heterocycles. The summed E-state index contributed by atoms with van der Waals surface area (Å²) in [5.74, 6) is -2.93. The van der Waals surface area contributed by atoms with Gasteiger partial charge in [0.1, 0.15) is 17.5 Å². The third kappa shape index (κ3) is 5.85. The Bertz CT molecular complexity index is 887. The number of carbonyl (C=O) groups excluding carboxylic acids is 1. The summed E-state index contributed by atoms with van der Waals surface area (Å²) in [5.41, 5.74) is 0.452. The Morgan fingerprint density at radius 3 is 2.23 bits per heavy atom. The number of hydrogen-bond acceptors (Lipinski definition) is 3. The smallest absolute Gasteiger partial charge is 0.239 e. The van der Waals surface area contributed by atoms with Gasteiger partial charge in [0, 0.05) is 12.6 Å². The van der Waals surface area contributed by atoms with Gasteiger partial charge in [0.2, 0.25) is 15.9 Å². The number of carbonyl (C=O) groups is 1. The maximum atomic E-state index is 13.6. The fourth-order valence-corrected chi connectivity index (χ4v) is 2.98. The van der Waals surface area contributed by atoms with Crippen LogP contribution in [0.4, 0.5) is 18.9 Å². The second-order valence-corrected chi connectivity index (χ2v) is 7.63. The van der Waals surface area contributed by atoms with Crippen molar-refractivity contribution >= 4 is 21.6 Å². The molecule has 0 bridgehead atoms. The number of rotatable bonds is 7. The van der Waals surface area contributed by atoms with Gasteiger partial charge in [-0.1, -0.05) is 12.1 Å². The fourth-order valence-electron chi connectivity index (χ4n) is 2.21. The molecule has 0 aliphatic carbocycles. The second-order valence-electron chi connectivity index (χ2n) is 5.65. The third-order valence-corrected chi connectivity index (χ3v) is 4.81. The highest BCUT2D eigenvalue weighted by Crippen LogP contribution is 2.15. The molecule has 2 rings (SSSR count). The number of hydrogen-bond donors (Lipinski definition) is 1. The molecule has 0 atom stereocenters. The minimum atomic E-state index is -3.70. The monoisotopic (exact) mass is 386 g/mol. The van der Waals surface area contributed by atoms with Gasteiger partial charge in [-0.25, -0.2) is 21.6 Å². The van der Waals surface area contributed by atoms with Gasteiger partial charge in [-0.05, 0) is 36.2 Å². The Labute approximate surface area is 149 Å². The molecular weight excluding hydrogens is 369 g/mol. The summed E-state index contributed by atoms with van der Waals surface area (Å²) in [5, 5.41) is 2.21. The van der Waals surface area contributed by atoms with Gasteiger partial charge in [0.05, 0.1) is 18.5 Å². The largest absolute Gasteiger partial charge is 0.322 e. The Balaban J connectivity index is 2.02. The number of nitrogens with zero attached hydrogens (tertiary/aromatic N) is 1. The maximum Gasteiger partial charge on any atom is 0.239 e. The summed E-state index contributed by atoms with van der Waals surface area (Å²) >= 11 is 0. The number of nitrogens with one attached hydrogen (secondary N) is 1.